The molecule has 0 saturated heterocycles. The molecule has 0 heterocycles. The molecule has 1 atom stereocenters. The first-order chi connectivity index (χ1) is 12.8. The van der Waals surface area contributed by atoms with E-state index in [4.69, 9.17) is 0 Å². The fraction of sp³-hybridized carbons (Fsp3) is 0.300. The van der Waals surface area contributed by atoms with Crippen molar-refractivity contribution in [1.29, 1.82) is 0 Å². The Labute approximate surface area is 159 Å². The Bertz CT molecular complexity index is 791. The molecule has 27 heavy (non-hydrogen) atoms. The lowest BCUT2D eigenvalue weighted by Crippen LogP contribution is -2.32. The molecule has 0 aliphatic heterocycles. The van der Waals surface area contributed by atoms with Gasteiger partial charge in [-0.2, -0.15) is 0 Å². The molecule has 6 nitrogen and oxygen atoms in total. The first kappa shape index (κ1) is 20.5. The van der Waals surface area contributed by atoms with Gasteiger partial charge in [0.05, 0.1) is 6.54 Å². The Kier molecular flexibility index (Phi) is 7.04. The number of hydrogen-bond donors (Lipinski definition) is 2. The van der Waals surface area contributed by atoms with E-state index in [0.29, 0.717) is 16.9 Å². The van der Waals surface area contributed by atoms with Crippen LogP contribution in [0.3, 0.4) is 0 Å². The molecule has 0 aromatic heterocycles. The second kappa shape index (κ2) is 9.25. The maximum absolute atomic E-state index is 13.2. The van der Waals surface area contributed by atoms with E-state index in [-0.39, 0.29) is 24.2 Å². The summed E-state index contributed by atoms with van der Waals surface area (Å²) in [4.78, 5) is 28.2. The van der Waals surface area contributed by atoms with E-state index in [9.17, 15) is 14.0 Å². The highest BCUT2D eigenvalue weighted by Gasteiger charge is 2.23. The zero-order valence-corrected chi connectivity index (χ0v) is 16.0. The summed E-state index contributed by atoms with van der Waals surface area (Å²) < 4.78 is 13.2. The first-order valence-corrected chi connectivity index (χ1v) is 8.53. The van der Waals surface area contributed by atoms with Crippen LogP contribution in [0.5, 0.6) is 0 Å². The summed E-state index contributed by atoms with van der Waals surface area (Å²) in [7, 11) is 7.19. The molecule has 7 heteroatoms. The third-order valence-electron chi connectivity index (χ3n) is 3.82. The second-order valence-electron chi connectivity index (χ2n) is 6.77. The topological polar surface area (TPSA) is 64.7 Å². The molecule has 2 rings (SSSR count). The van der Waals surface area contributed by atoms with Gasteiger partial charge in [0.25, 0.3) is 0 Å². The van der Waals surface area contributed by atoms with Crippen molar-refractivity contribution in [2.45, 2.75) is 6.04 Å². The van der Waals surface area contributed by atoms with Crippen LogP contribution in [0.2, 0.25) is 0 Å². The standard InChI is InChI=1S/C20H25FN4O2/c1-24(2)13-18(26)22-16-6-5-7-17(12-16)23-20(27)19(25(3)4)14-8-10-15(21)11-9-14/h5-12,19H,13H2,1-4H3,(H,22,26)(H,23,27). The molecule has 2 aromatic carbocycles. The van der Waals surface area contributed by atoms with Crippen molar-refractivity contribution in [3.63, 3.8) is 0 Å². The molecule has 144 valence electrons. The molecule has 0 aliphatic rings. The molecule has 2 aromatic rings. The van der Waals surface area contributed by atoms with E-state index in [2.05, 4.69) is 10.6 Å². The van der Waals surface area contributed by atoms with Crippen LogP contribution in [-0.4, -0.2) is 56.3 Å². The van der Waals surface area contributed by atoms with Gasteiger partial charge in [0, 0.05) is 11.4 Å². The summed E-state index contributed by atoms with van der Waals surface area (Å²) in [5.41, 5.74) is 1.86. The zero-order valence-electron chi connectivity index (χ0n) is 16.0. The summed E-state index contributed by atoms with van der Waals surface area (Å²) in [5, 5.41) is 5.65. The van der Waals surface area contributed by atoms with Crippen molar-refractivity contribution in [3.05, 3.63) is 59.9 Å². The molecule has 0 fully saturated rings. The minimum Gasteiger partial charge on any atom is -0.325 e. The summed E-state index contributed by atoms with van der Waals surface area (Å²) in [6.45, 7) is 0.268. The number of hydrogen-bond acceptors (Lipinski definition) is 4. The lowest BCUT2D eigenvalue weighted by Gasteiger charge is -2.24. The summed E-state index contributed by atoms with van der Waals surface area (Å²) in [6.07, 6.45) is 0. The van der Waals surface area contributed by atoms with Gasteiger partial charge in [-0.15, -0.1) is 0 Å². The van der Waals surface area contributed by atoms with Crippen LogP contribution in [0.4, 0.5) is 15.8 Å². The van der Waals surface area contributed by atoms with E-state index in [0.717, 1.165) is 0 Å². The molecular formula is C20H25FN4O2. The van der Waals surface area contributed by atoms with Crippen molar-refractivity contribution in [2.75, 3.05) is 45.4 Å². The maximum atomic E-state index is 13.2. The molecule has 2 N–H and O–H groups in total. The predicted octanol–water partition coefficient (Wildman–Crippen LogP) is 2.57. The SMILES string of the molecule is CN(C)CC(=O)Nc1cccc(NC(=O)C(c2ccc(F)cc2)N(C)C)c1. The Morgan fingerprint density at radius 1 is 0.963 bits per heavy atom. The number of halogens is 1. The molecule has 0 bridgehead atoms. The number of carbonyl (C=O) groups excluding carboxylic acids is 2. The molecule has 0 radical (unpaired) electrons. The van der Waals surface area contributed by atoms with Gasteiger partial charge < -0.3 is 15.5 Å². The van der Waals surface area contributed by atoms with Gasteiger partial charge in [-0.05, 0) is 64.1 Å². The van der Waals surface area contributed by atoms with Crippen LogP contribution in [0.1, 0.15) is 11.6 Å². The van der Waals surface area contributed by atoms with Crippen LogP contribution in [-0.2, 0) is 9.59 Å². The summed E-state index contributed by atoms with van der Waals surface area (Å²) in [6, 6.07) is 12.2. The highest BCUT2D eigenvalue weighted by Crippen LogP contribution is 2.22. The maximum Gasteiger partial charge on any atom is 0.246 e. The average Bonchev–Trinajstić information content (AvgIpc) is 2.56. The van der Waals surface area contributed by atoms with Crippen LogP contribution in [0, 0.1) is 5.82 Å². The van der Waals surface area contributed by atoms with Crippen molar-refractivity contribution < 1.29 is 14.0 Å². The van der Waals surface area contributed by atoms with Gasteiger partial charge in [-0.25, -0.2) is 4.39 Å². The minimum atomic E-state index is -0.572. The fourth-order valence-electron chi connectivity index (χ4n) is 2.70. The van der Waals surface area contributed by atoms with Gasteiger partial charge in [0.2, 0.25) is 11.8 Å². The van der Waals surface area contributed by atoms with Crippen LogP contribution in [0.15, 0.2) is 48.5 Å². The van der Waals surface area contributed by atoms with Crippen molar-refractivity contribution in [3.8, 4) is 0 Å². The molecule has 0 aliphatic carbocycles. The highest BCUT2D eigenvalue weighted by molar-refractivity contribution is 5.97. The number of carbonyl (C=O) groups is 2. The van der Waals surface area contributed by atoms with Crippen molar-refractivity contribution in [2.24, 2.45) is 0 Å². The van der Waals surface area contributed by atoms with E-state index in [1.165, 1.54) is 12.1 Å². The quantitative estimate of drug-likeness (QED) is 0.784. The Balaban J connectivity index is 2.12. The molecular weight excluding hydrogens is 347 g/mol. The number of nitrogens with zero attached hydrogens (tertiary/aromatic N) is 2. The predicted molar refractivity (Wildman–Crippen MR) is 105 cm³/mol. The fourth-order valence-corrected chi connectivity index (χ4v) is 2.70. The second-order valence-corrected chi connectivity index (χ2v) is 6.77. The zero-order chi connectivity index (χ0) is 20.0. The molecule has 0 saturated carbocycles. The largest absolute Gasteiger partial charge is 0.325 e. The number of likely N-dealkylation sites (N-methyl/N-ethyl adjacent to an activating group) is 2. The van der Waals surface area contributed by atoms with E-state index < -0.39 is 6.04 Å². The van der Waals surface area contributed by atoms with Gasteiger partial charge in [-0.1, -0.05) is 18.2 Å². The minimum absolute atomic E-state index is 0.138. The normalized spacial score (nSPS) is 12.1. The highest BCUT2D eigenvalue weighted by atomic mass is 19.1. The van der Waals surface area contributed by atoms with Gasteiger partial charge in [0.1, 0.15) is 11.9 Å². The van der Waals surface area contributed by atoms with E-state index in [1.54, 1.807) is 60.3 Å². The lowest BCUT2D eigenvalue weighted by molar-refractivity contribution is -0.120. The number of nitrogens with one attached hydrogen (secondary N) is 2. The summed E-state index contributed by atoms with van der Waals surface area (Å²) >= 11 is 0. The monoisotopic (exact) mass is 372 g/mol. The third kappa shape index (κ3) is 6.16. The van der Waals surface area contributed by atoms with E-state index >= 15 is 0 Å². The third-order valence-corrected chi connectivity index (χ3v) is 3.82. The Morgan fingerprint density at radius 2 is 1.56 bits per heavy atom. The molecule has 1 unspecified atom stereocenters. The molecule has 2 amide bonds. The number of anilines is 2. The van der Waals surface area contributed by atoms with Gasteiger partial charge >= 0.3 is 0 Å². The van der Waals surface area contributed by atoms with E-state index in [1.807, 2.05) is 14.1 Å². The summed E-state index contributed by atoms with van der Waals surface area (Å²) in [5.74, 6) is -0.734. The smallest absolute Gasteiger partial charge is 0.246 e. The first-order valence-electron chi connectivity index (χ1n) is 8.53. The lowest BCUT2D eigenvalue weighted by atomic mass is 10.0. The number of amides is 2. The van der Waals surface area contributed by atoms with Crippen molar-refractivity contribution >= 4 is 23.2 Å². The number of rotatable bonds is 7. The Hall–Kier alpha value is -2.77. The Morgan fingerprint density at radius 3 is 2.11 bits per heavy atom. The molecule has 0 spiro atoms. The van der Waals surface area contributed by atoms with Crippen LogP contribution >= 0.6 is 0 Å². The van der Waals surface area contributed by atoms with Crippen LogP contribution in [0.25, 0.3) is 0 Å². The van der Waals surface area contributed by atoms with Gasteiger partial charge in [0.15, 0.2) is 0 Å². The van der Waals surface area contributed by atoms with Crippen molar-refractivity contribution in [1.82, 2.24) is 9.80 Å². The average molecular weight is 372 g/mol. The van der Waals surface area contributed by atoms with Gasteiger partial charge in [-0.3, -0.25) is 14.5 Å². The van der Waals surface area contributed by atoms with Crippen LogP contribution < -0.4 is 10.6 Å². The number of benzene rings is 2.